The molecule has 0 amide bonds. The Labute approximate surface area is 344 Å². The lowest BCUT2D eigenvalue weighted by molar-refractivity contribution is 0.664. The van der Waals surface area contributed by atoms with Crippen molar-refractivity contribution in [2.45, 2.75) is 15.2 Å². The number of para-hydroxylation sites is 3. The number of hydrogen-bond acceptors (Lipinski definition) is 4. The van der Waals surface area contributed by atoms with Gasteiger partial charge in [-0.2, -0.15) is 0 Å². The standard InChI is InChI=1S/C55H33NO2S/c1-2-15-34(16-3-1)56(35-29-30-39-38-19-6-11-25-48(38)57-50(39)31-35)47-24-10-5-18-37(47)40-20-14-26-49-54(40)42-32-41-36-17-4-7-21-43(36)55(46(41)33-51(42)58-49)44-22-8-12-27-52(44)59-53-28-13-9-23-45(53)55/h1-33H. The SMILES string of the molecule is c1ccc(N(c2ccc3c(c2)oc2ccccc23)c2ccccc2-c2cccc3oc4cc5c(cc4c23)-c2ccccc2C52c3ccccc3Sc3ccccc32)cc1. The predicted octanol–water partition coefficient (Wildman–Crippen LogP) is 15.4. The Morgan fingerprint density at radius 2 is 0.966 bits per heavy atom. The van der Waals surface area contributed by atoms with Crippen LogP contribution in [0.2, 0.25) is 0 Å². The van der Waals surface area contributed by atoms with Crippen LogP contribution in [0.1, 0.15) is 22.3 Å². The molecule has 0 N–H and O–H groups in total. The number of furan rings is 2. The summed E-state index contributed by atoms with van der Waals surface area (Å²) in [5.41, 5.74) is 16.2. The first-order valence-electron chi connectivity index (χ1n) is 20.1. The van der Waals surface area contributed by atoms with Crippen molar-refractivity contribution >= 4 is 72.7 Å². The molecule has 1 aliphatic heterocycles. The fraction of sp³-hybridized carbons (Fsp3) is 0.0182. The zero-order valence-electron chi connectivity index (χ0n) is 31.7. The smallest absolute Gasteiger partial charge is 0.137 e. The molecule has 2 aromatic heterocycles. The second-order valence-corrected chi connectivity index (χ2v) is 16.6. The molecule has 0 saturated heterocycles. The van der Waals surface area contributed by atoms with Crippen LogP contribution in [0.25, 0.3) is 66.1 Å². The van der Waals surface area contributed by atoms with Gasteiger partial charge in [0.15, 0.2) is 0 Å². The summed E-state index contributed by atoms with van der Waals surface area (Å²) in [7, 11) is 0. The van der Waals surface area contributed by atoms with Gasteiger partial charge in [0.25, 0.3) is 0 Å². The zero-order chi connectivity index (χ0) is 38.7. The molecule has 9 aromatic carbocycles. The molecule has 4 heteroatoms. The van der Waals surface area contributed by atoms with E-state index in [4.69, 9.17) is 8.83 Å². The first-order chi connectivity index (χ1) is 29.3. The molecule has 0 saturated carbocycles. The van der Waals surface area contributed by atoms with Crippen LogP contribution in [-0.2, 0) is 5.41 Å². The monoisotopic (exact) mass is 771 g/mol. The van der Waals surface area contributed by atoms with E-state index in [2.05, 4.69) is 193 Å². The van der Waals surface area contributed by atoms with Gasteiger partial charge in [-0.3, -0.25) is 0 Å². The van der Waals surface area contributed by atoms with E-state index in [-0.39, 0.29) is 0 Å². The Kier molecular flexibility index (Phi) is 6.87. The van der Waals surface area contributed by atoms with Gasteiger partial charge in [-0.15, -0.1) is 0 Å². The lowest BCUT2D eigenvalue weighted by Gasteiger charge is -2.39. The minimum Gasteiger partial charge on any atom is -0.456 e. The summed E-state index contributed by atoms with van der Waals surface area (Å²) < 4.78 is 13.4. The minimum atomic E-state index is -0.468. The van der Waals surface area contributed by atoms with Crippen molar-refractivity contribution < 1.29 is 8.83 Å². The largest absolute Gasteiger partial charge is 0.456 e. The molecule has 0 radical (unpaired) electrons. The third-order valence-corrected chi connectivity index (χ3v) is 13.7. The van der Waals surface area contributed by atoms with Crippen LogP contribution in [0.5, 0.6) is 0 Å². The van der Waals surface area contributed by atoms with E-state index in [9.17, 15) is 0 Å². The molecule has 0 atom stereocenters. The number of rotatable bonds is 4. The van der Waals surface area contributed by atoms with Gasteiger partial charge in [0.05, 0.1) is 11.1 Å². The summed E-state index contributed by atoms with van der Waals surface area (Å²) in [6.45, 7) is 0. The Bertz CT molecular complexity index is 3460. The van der Waals surface area contributed by atoms with Gasteiger partial charge < -0.3 is 13.7 Å². The van der Waals surface area contributed by atoms with Crippen molar-refractivity contribution in [1.29, 1.82) is 0 Å². The maximum absolute atomic E-state index is 6.96. The quantitative estimate of drug-likeness (QED) is 0.178. The lowest BCUT2D eigenvalue weighted by atomic mass is 9.67. The molecule has 1 spiro atoms. The van der Waals surface area contributed by atoms with Crippen LogP contribution in [0, 0.1) is 0 Å². The molecule has 0 fully saturated rings. The van der Waals surface area contributed by atoms with Crippen molar-refractivity contribution in [1.82, 2.24) is 0 Å². The number of nitrogens with zero attached hydrogens (tertiary/aromatic N) is 1. The summed E-state index contributed by atoms with van der Waals surface area (Å²) in [6, 6.07) is 72.3. The summed E-state index contributed by atoms with van der Waals surface area (Å²) >= 11 is 1.87. The van der Waals surface area contributed by atoms with Crippen LogP contribution in [0.15, 0.2) is 219 Å². The molecule has 3 heterocycles. The van der Waals surface area contributed by atoms with Crippen molar-refractivity contribution in [2.24, 2.45) is 0 Å². The van der Waals surface area contributed by atoms with Crippen LogP contribution < -0.4 is 4.90 Å². The number of anilines is 3. The minimum absolute atomic E-state index is 0.468. The normalized spacial score (nSPS) is 13.5. The first-order valence-corrected chi connectivity index (χ1v) is 20.9. The number of fused-ring (bicyclic) bond motifs is 15. The second kappa shape index (κ2) is 12.4. The van der Waals surface area contributed by atoms with E-state index in [0.29, 0.717) is 0 Å². The highest BCUT2D eigenvalue weighted by Gasteiger charge is 2.50. The number of hydrogen-bond donors (Lipinski definition) is 0. The van der Waals surface area contributed by atoms with E-state index in [1.165, 1.54) is 43.2 Å². The molecule has 0 bridgehead atoms. The Morgan fingerprint density at radius 1 is 0.356 bits per heavy atom. The number of benzene rings is 9. The fourth-order valence-electron chi connectivity index (χ4n) is 10.1. The van der Waals surface area contributed by atoms with Crippen LogP contribution >= 0.6 is 11.8 Å². The summed E-state index contributed by atoms with van der Waals surface area (Å²) in [5, 5.41) is 4.44. The van der Waals surface area contributed by atoms with E-state index in [0.717, 1.165) is 72.1 Å². The Hall–Kier alpha value is -7.27. The Balaban J connectivity index is 1.05. The van der Waals surface area contributed by atoms with Gasteiger partial charge in [0.1, 0.15) is 22.3 Å². The van der Waals surface area contributed by atoms with E-state index < -0.39 is 5.41 Å². The molecule has 11 aromatic rings. The molecular formula is C55H33NO2S. The maximum atomic E-state index is 6.96. The molecule has 0 unspecified atom stereocenters. The average molecular weight is 772 g/mol. The van der Waals surface area contributed by atoms with E-state index in [1.54, 1.807) is 0 Å². The van der Waals surface area contributed by atoms with Gasteiger partial charge in [-0.1, -0.05) is 139 Å². The maximum Gasteiger partial charge on any atom is 0.137 e. The summed E-state index contributed by atoms with van der Waals surface area (Å²) in [5.74, 6) is 0. The highest BCUT2D eigenvalue weighted by atomic mass is 32.2. The average Bonchev–Trinajstić information content (AvgIpc) is 3.94. The highest BCUT2D eigenvalue weighted by Crippen LogP contribution is 2.63. The molecule has 276 valence electrons. The van der Waals surface area contributed by atoms with Crippen molar-refractivity contribution in [2.75, 3.05) is 4.90 Å². The van der Waals surface area contributed by atoms with Gasteiger partial charge in [0.2, 0.25) is 0 Å². The molecule has 3 nitrogen and oxygen atoms in total. The topological polar surface area (TPSA) is 29.5 Å². The fourth-order valence-corrected chi connectivity index (χ4v) is 11.3. The molecule has 59 heavy (non-hydrogen) atoms. The Morgan fingerprint density at radius 3 is 1.80 bits per heavy atom. The zero-order valence-corrected chi connectivity index (χ0v) is 32.5. The van der Waals surface area contributed by atoms with Gasteiger partial charge in [-0.25, -0.2) is 0 Å². The lowest BCUT2D eigenvalue weighted by Crippen LogP contribution is -2.31. The first kappa shape index (κ1) is 32.8. The van der Waals surface area contributed by atoms with Crippen LogP contribution in [0.3, 0.4) is 0 Å². The molecule has 1 aliphatic carbocycles. The van der Waals surface area contributed by atoms with Gasteiger partial charge >= 0.3 is 0 Å². The predicted molar refractivity (Wildman–Crippen MR) is 243 cm³/mol. The van der Waals surface area contributed by atoms with E-state index >= 15 is 0 Å². The third kappa shape index (κ3) is 4.55. The molecular weight excluding hydrogens is 739 g/mol. The van der Waals surface area contributed by atoms with Crippen molar-refractivity contribution in [3.63, 3.8) is 0 Å². The van der Waals surface area contributed by atoms with Gasteiger partial charge in [0, 0.05) is 54.3 Å². The summed E-state index contributed by atoms with van der Waals surface area (Å²) in [4.78, 5) is 4.93. The van der Waals surface area contributed by atoms with Crippen LogP contribution in [0.4, 0.5) is 17.1 Å². The van der Waals surface area contributed by atoms with Crippen LogP contribution in [-0.4, -0.2) is 0 Å². The highest BCUT2D eigenvalue weighted by molar-refractivity contribution is 7.99. The van der Waals surface area contributed by atoms with Crippen molar-refractivity contribution in [3.8, 4) is 22.3 Å². The molecule has 13 rings (SSSR count). The van der Waals surface area contributed by atoms with E-state index in [1.807, 2.05) is 23.9 Å². The summed E-state index contributed by atoms with van der Waals surface area (Å²) in [6.07, 6.45) is 0. The second-order valence-electron chi connectivity index (χ2n) is 15.5. The molecule has 2 aliphatic rings. The third-order valence-electron chi connectivity index (χ3n) is 12.5. The van der Waals surface area contributed by atoms with Crippen molar-refractivity contribution in [3.05, 3.63) is 222 Å². The van der Waals surface area contributed by atoms with Gasteiger partial charge in [-0.05, 0) is 106 Å².